The Hall–Kier alpha value is -1.26. The lowest BCUT2D eigenvalue weighted by molar-refractivity contribution is -0.138. The van der Waals surface area contributed by atoms with Gasteiger partial charge in [-0.1, -0.05) is 11.6 Å². The third-order valence-corrected chi connectivity index (χ3v) is 3.20. The fourth-order valence-electron chi connectivity index (χ4n) is 1.54. The molecule has 0 atom stereocenters. The number of rotatable bonds is 6. The van der Waals surface area contributed by atoms with E-state index in [1.807, 2.05) is 13.8 Å². The van der Waals surface area contributed by atoms with Crippen molar-refractivity contribution in [1.29, 1.82) is 0 Å². The van der Waals surface area contributed by atoms with Crippen LogP contribution in [0.25, 0.3) is 0 Å². The van der Waals surface area contributed by atoms with Crippen molar-refractivity contribution in [2.45, 2.75) is 13.8 Å². The van der Waals surface area contributed by atoms with Crippen molar-refractivity contribution >= 4 is 17.5 Å². The first kappa shape index (κ1) is 15.8. The van der Waals surface area contributed by atoms with Crippen LogP contribution in [0.2, 0.25) is 5.02 Å². The summed E-state index contributed by atoms with van der Waals surface area (Å²) in [6.07, 6.45) is 0. The number of hydrogen-bond acceptors (Lipinski definition) is 3. The summed E-state index contributed by atoms with van der Waals surface area (Å²) in [5.74, 6) is 0.762. The smallest absolute Gasteiger partial charge is 0.229 e. The van der Waals surface area contributed by atoms with E-state index in [0.29, 0.717) is 24.7 Å². The van der Waals surface area contributed by atoms with E-state index in [1.54, 1.807) is 36.2 Å². The molecule has 0 spiro atoms. The van der Waals surface area contributed by atoms with Gasteiger partial charge in [-0.2, -0.15) is 0 Å². The van der Waals surface area contributed by atoms with Gasteiger partial charge in [0.15, 0.2) is 0 Å². The second-order valence-corrected chi connectivity index (χ2v) is 5.55. The molecular weight excluding hydrogens is 264 g/mol. The summed E-state index contributed by atoms with van der Waals surface area (Å²) in [4.78, 5) is 13.7. The van der Waals surface area contributed by atoms with Gasteiger partial charge < -0.3 is 15.4 Å². The van der Waals surface area contributed by atoms with Gasteiger partial charge in [0.05, 0.1) is 12.0 Å². The Labute approximate surface area is 119 Å². The molecule has 19 heavy (non-hydrogen) atoms. The van der Waals surface area contributed by atoms with Crippen LogP contribution in [0.4, 0.5) is 0 Å². The maximum atomic E-state index is 12.1. The molecule has 0 aliphatic heterocycles. The monoisotopic (exact) mass is 284 g/mol. The molecule has 0 saturated carbocycles. The highest BCUT2D eigenvalue weighted by molar-refractivity contribution is 6.30. The zero-order valence-corrected chi connectivity index (χ0v) is 12.4. The summed E-state index contributed by atoms with van der Waals surface area (Å²) in [6.45, 7) is 4.96. The van der Waals surface area contributed by atoms with Crippen molar-refractivity contribution < 1.29 is 9.53 Å². The van der Waals surface area contributed by atoms with Crippen LogP contribution in [0, 0.1) is 5.41 Å². The van der Waals surface area contributed by atoms with Gasteiger partial charge in [0, 0.05) is 18.6 Å². The van der Waals surface area contributed by atoms with Gasteiger partial charge in [-0.05, 0) is 38.1 Å². The van der Waals surface area contributed by atoms with Crippen molar-refractivity contribution in [1.82, 2.24) is 4.90 Å². The Morgan fingerprint density at radius 3 is 2.47 bits per heavy atom. The van der Waals surface area contributed by atoms with Crippen LogP contribution < -0.4 is 10.5 Å². The normalized spacial score (nSPS) is 11.2. The summed E-state index contributed by atoms with van der Waals surface area (Å²) in [5.41, 5.74) is 5.05. The predicted octanol–water partition coefficient (Wildman–Crippen LogP) is 2.16. The van der Waals surface area contributed by atoms with Gasteiger partial charge in [0.25, 0.3) is 0 Å². The molecule has 0 aliphatic rings. The average Bonchev–Trinajstić information content (AvgIpc) is 2.40. The molecule has 1 aromatic rings. The molecule has 1 aromatic carbocycles. The molecule has 0 aromatic heterocycles. The number of benzene rings is 1. The van der Waals surface area contributed by atoms with E-state index < -0.39 is 5.41 Å². The fraction of sp³-hybridized carbons (Fsp3) is 0.500. The summed E-state index contributed by atoms with van der Waals surface area (Å²) in [5, 5.41) is 0.671. The third-order valence-electron chi connectivity index (χ3n) is 2.95. The van der Waals surface area contributed by atoms with Crippen molar-refractivity contribution in [2.24, 2.45) is 11.1 Å². The number of nitrogens with zero attached hydrogens (tertiary/aromatic N) is 1. The first-order valence-corrected chi connectivity index (χ1v) is 6.58. The molecule has 0 fully saturated rings. The lowest BCUT2D eigenvalue weighted by Crippen LogP contribution is -2.44. The standard InChI is InChI=1S/C14H21ClN2O2/c1-14(2,10-16)13(18)17(3)8-9-19-12-6-4-11(15)5-7-12/h4-7H,8-10,16H2,1-3H3. The SMILES string of the molecule is CN(CCOc1ccc(Cl)cc1)C(=O)C(C)(C)CN. The molecular formula is C14H21ClN2O2. The van der Waals surface area contributed by atoms with Crippen LogP contribution in [-0.4, -0.2) is 37.6 Å². The number of carbonyl (C=O) groups excluding carboxylic acids is 1. The number of halogens is 1. The van der Waals surface area contributed by atoms with Crippen LogP contribution in [-0.2, 0) is 4.79 Å². The Morgan fingerprint density at radius 2 is 1.95 bits per heavy atom. The van der Waals surface area contributed by atoms with Crippen LogP contribution in [0.15, 0.2) is 24.3 Å². The lowest BCUT2D eigenvalue weighted by atomic mass is 9.92. The summed E-state index contributed by atoms with van der Waals surface area (Å²) < 4.78 is 5.54. The molecule has 2 N–H and O–H groups in total. The molecule has 1 rings (SSSR count). The lowest BCUT2D eigenvalue weighted by Gasteiger charge is -2.28. The molecule has 4 nitrogen and oxygen atoms in total. The highest BCUT2D eigenvalue weighted by atomic mass is 35.5. The second kappa shape index (κ2) is 6.78. The minimum atomic E-state index is -0.533. The molecule has 1 amide bonds. The zero-order valence-electron chi connectivity index (χ0n) is 11.6. The molecule has 5 heteroatoms. The van der Waals surface area contributed by atoms with E-state index in [1.165, 1.54) is 0 Å². The van der Waals surface area contributed by atoms with Gasteiger partial charge in [0.2, 0.25) is 5.91 Å². The largest absolute Gasteiger partial charge is 0.492 e. The number of ether oxygens (including phenoxy) is 1. The van der Waals surface area contributed by atoms with Crippen molar-refractivity contribution in [3.05, 3.63) is 29.3 Å². The fourth-order valence-corrected chi connectivity index (χ4v) is 1.66. The van der Waals surface area contributed by atoms with E-state index in [-0.39, 0.29) is 5.91 Å². The number of amides is 1. The topological polar surface area (TPSA) is 55.6 Å². The Balaban J connectivity index is 2.40. The zero-order chi connectivity index (χ0) is 14.5. The van der Waals surface area contributed by atoms with Gasteiger partial charge in [-0.15, -0.1) is 0 Å². The minimum Gasteiger partial charge on any atom is -0.492 e. The van der Waals surface area contributed by atoms with Gasteiger partial charge in [-0.3, -0.25) is 4.79 Å². The molecule has 0 bridgehead atoms. The molecule has 0 saturated heterocycles. The van der Waals surface area contributed by atoms with Crippen LogP contribution in [0.1, 0.15) is 13.8 Å². The third kappa shape index (κ3) is 4.73. The molecule has 0 radical (unpaired) electrons. The Morgan fingerprint density at radius 1 is 1.37 bits per heavy atom. The van der Waals surface area contributed by atoms with Crippen molar-refractivity contribution in [3.8, 4) is 5.75 Å². The van der Waals surface area contributed by atoms with E-state index in [4.69, 9.17) is 22.1 Å². The number of carbonyl (C=O) groups is 1. The maximum Gasteiger partial charge on any atom is 0.229 e. The summed E-state index contributed by atoms with van der Waals surface area (Å²) >= 11 is 5.78. The van der Waals surface area contributed by atoms with Crippen molar-refractivity contribution in [2.75, 3.05) is 26.7 Å². The van der Waals surface area contributed by atoms with Gasteiger partial charge >= 0.3 is 0 Å². The van der Waals surface area contributed by atoms with Gasteiger partial charge in [-0.25, -0.2) is 0 Å². The molecule has 106 valence electrons. The number of hydrogen-bond donors (Lipinski definition) is 1. The number of nitrogens with two attached hydrogens (primary N) is 1. The van der Waals surface area contributed by atoms with E-state index in [2.05, 4.69) is 0 Å². The van der Waals surface area contributed by atoms with Crippen LogP contribution >= 0.6 is 11.6 Å². The maximum absolute atomic E-state index is 12.1. The highest BCUT2D eigenvalue weighted by Gasteiger charge is 2.28. The predicted molar refractivity (Wildman–Crippen MR) is 77.4 cm³/mol. The highest BCUT2D eigenvalue weighted by Crippen LogP contribution is 2.17. The summed E-state index contributed by atoms with van der Waals surface area (Å²) in [7, 11) is 1.75. The first-order chi connectivity index (χ1) is 8.86. The second-order valence-electron chi connectivity index (χ2n) is 5.12. The Bertz CT molecular complexity index is 418. The molecule has 0 aliphatic carbocycles. The van der Waals surface area contributed by atoms with Crippen molar-refractivity contribution in [3.63, 3.8) is 0 Å². The molecule has 0 unspecified atom stereocenters. The first-order valence-electron chi connectivity index (χ1n) is 6.21. The quantitative estimate of drug-likeness (QED) is 0.871. The van der Waals surface area contributed by atoms with E-state index in [0.717, 1.165) is 5.75 Å². The van der Waals surface area contributed by atoms with E-state index >= 15 is 0 Å². The average molecular weight is 285 g/mol. The van der Waals surface area contributed by atoms with E-state index in [9.17, 15) is 4.79 Å². The summed E-state index contributed by atoms with van der Waals surface area (Å²) in [6, 6.07) is 7.13. The molecule has 0 heterocycles. The minimum absolute atomic E-state index is 0.0229. The van der Waals surface area contributed by atoms with Gasteiger partial charge in [0.1, 0.15) is 12.4 Å². The van der Waals surface area contributed by atoms with Crippen LogP contribution in [0.5, 0.6) is 5.75 Å². The Kier molecular flexibility index (Phi) is 5.63. The van der Waals surface area contributed by atoms with Crippen LogP contribution in [0.3, 0.4) is 0 Å². The number of likely N-dealkylation sites (N-methyl/N-ethyl adjacent to an activating group) is 1.